The lowest BCUT2D eigenvalue weighted by Gasteiger charge is -2.03. The van der Waals surface area contributed by atoms with Gasteiger partial charge in [-0.25, -0.2) is 0 Å². The van der Waals surface area contributed by atoms with E-state index in [9.17, 15) is 5.11 Å². The van der Waals surface area contributed by atoms with Gasteiger partial charge in [0.2, 0.25) is 0 Å². The van der Waals surface area contributed by atoms with Gasteiger partial charge in [0.15, 0.2) is 0 Å². The maximum Gasteiger partial charge on any atom is 0.149 e. The molecule has 0 aliphatic carbocycles. The third kappa shape index (κ3) is 5.17. The van der Waals surface area contributed by atoms with Gasteiger partial charge in [0.25, 0.3) is 0 Å². The van der Waals surface area contributed by atoms with Gasteiger partial charge in [-0.15, -0.1) is 0 Å². The average molecular weight is 266 g/mol. The van der Waals surface area contributed by atoms with Crippen LogP contribution in [0.15, 0.2) is 60.7 Å². The number of hydrogen-bond acceptors (Lipinski definition) is 2. The summed E-state index contributed by atoms with van der Waals surface area (Å²) in [6, 6.07) is 19.6. The highest BCUT2D eigenvalue weighted by atomic mass is 16.5. The molecule has 1 N–H and O–H groups in total. The maximum atomic E-state index is 9.78. The van der Waals surface area contributed by atoms with E-state index in [2.05, 4.69) is 24.0 Å². The van der Waals surface area contributed by atoms with Crippen molar-refractivity contribution in [3.8, 4) is 17.6 Å². The largest absolute Gasteiger partial charge is 0.481 e. The Balaban J connectivity index is 1.70. The number of aryl methyl sites for hydroxylation is 1. The van der Waals surface area contributed by atoms with E-state index in [1.54, 1.807) is 0 Å². The van der Waals surface area contributed by atoms with Crippen LogP contribution in [0.25, 0.3) is 0 Å². The minimum atomic E-state index is -0.602. The Morgan fingerprint density at radius 3 is 2.30 bits per heavy atom. The molecule has 0 aliphatic heterocycles. The third-order valence-electron chi connectivity index (χ3n) is 2.87. The summed E-state index contributed by atoms with van der Waals surface area (Å²) in [5, 5.41) is 9.78. The molecule has 0 aromatic heterocycles. The Kier molecular flexibility index (Phi) is 5.70. The summed E-state index contributed by atoms with van der Waals surface area (Å²) < 4.78 is 5.43. The van der Waals surface area contributed by atoms with Gasteiger partial charge < -0.3 is 9.84 Å². The number of hydrogen-bond donors (Lipinski definition) is 1. The number of aliphatic hydroxyl groups is 1. The van der Waals surface area contributed by atoms with Gasteiger partial charge >= 0.3 is 0 Å². The van der Waals surface area contributed by atoms with Gasteiger partial charge in [0.1, 0.15) is 18.5 Å². The Morgan fingerprint density at radius 1 is 0.950 bits per heavy atom. The molecule has 2 rings (SSSR count). The predicted molar refractivity (Wildman–Crippen MR) is 80.5 cm³/mol. The topological polar surface area (TPSA) is 29.5 Å². The first-order valence-corrected chi connectivity index (χ1v) is 6.73. The van der Waals surface area contributed by atoms with E-state index >= 15 is 0 Å². The zero-order chi connectivity index (χ0) is 14.0. The molecule has 102 valence electrons. The van der Waals surface area contributed by atoms with Crippen molar-refractivity contribution in [2.24, 2.45) is 0 Å². The molecular weight excluding hydrogens is 248 g/mol. The van der Waals surface area contributed by atoms with E-state index < -0.39 is 6.10 Å². The fourth-order valence-corrected chi connectivity index (χ4v) is 1.82. The zero-order valence-corrected chi connectivity index (χ0v) is 11.3. The summed E-state index contributed by atoms with van der Waals surface area (Å²) in [5.41, 5.74) is 1.22. The Bertz CT molecular complexity index is 552. The summed E-state index contributed by atoms with van der Waals surface area (Å²) in [4.78, 5) is 0. The molecule has 0 fully saturated rings. The summed E-state index contributed by atoms with van der Waals surface area (Å²) in [6.45, 7) is 0.298. The molecule has 2 nitrogen and oxygen atoms in total. The van der Waals surface area contributed by atoms with E-state index in [4.69, 9.17) is 4.74 Å². The van der Waals surface area contributed by atoms with Crippen LogP contribution >= 0.6 is 0 Å². The van der Waals surface area contributed by atoms with Gasteiger partial charge in [-0.05, 0) is 30.5 Å². The van der Waals surface area contributed by atoms with Crippen LogP contribution in [0, 0.1) is 11.8 Å². The van der Waals surface area contributed by atoms with Crippen molar-refractivity contribution in [2.75, 3.05) is 6.61 Å². The quantitative estimate of drug-likeness (QED) is 0.843. The van der Waals surface area contributed by atoms with Crippen molar-refractivity contribution in [1.29, 1.82) is 0 Å². The minimum absolute atomic E-state index is 0.298. The standard InChI is InChI=1S/C18H18O2/c19-17(14-13-16-8-3-1-4-9-16)10-7-15-20-18-11-5-2-6-12-18/h1-6,8-9,11-12,17,19H,13-15H2. The lowest BCUT2D eigenvalue weighted by Crippen LogP contribution is -2.05. The molecule has 0 bridgehead atoms. The van der Waals surface area contributed by atoms with Crippen LogP contribution in [0.1, 0.15) is 12.0 Å². The van der Waals surface area contributed by atoms with Crippen LogP contribution < -0.4 is 4.74 Å². The summed E-state index contributed by atoms with van der Waals surface area (Å²) in [7, 11) is 0. The summed E-state index contributed by atoms with van der Waals surface area (Å²) >= 11 is 0. The van der Waals surface area contributed by atoms with E-state index in [0.29, 0.717) is 13.0 Å². The Morgan fingerprint density at radius 2 is 1.60 bits per heavy atom. The summed E-state index contributed by atoms with van der Waals surface area (Å²) in [5.74, 6) is 6.44. The maximum absolute atomic E-state index is 9.78. The second-order valence-corrected chi connectivity index (χ2v) is 4.46. The van der Waals surface area contributed by atoms with Crippen molar-refractivity contribution in [3.05, 3.63) is 66.2 Å². The van der Waals surface area contributed by atoms with Crippen LogP contribution in [0.3, 0.4) is 0 Å². The first-order valence-electron chi connectivity index (χ1n) is 6.73. The van der Waals surface area contributed by atoms with Crippen molar-refractivity contribution in [1.82, 2.24) is 0 Å². The molecule has 0 heterocycles. The second-order valence-electron chi connectivity index (χ2n) is 4.46. The number of aliphatic hydroxyl groups excluding tert-OH is 1. The first-order chi connectivity index (χ1) is 9.84. The van der Waals surface area contributed by atoms with Gasteiger partial charge in [-0.3, -0.25) is 0 Å². The van der Waals surface area contributed by atoms with Crippen molar-refractivity contribution >= 4 is 0 Å². The predicted octanol–water partition coefficient (Wildman–Crippen LogP) is 3.06. The Hall–Kier alpha value is -2.24. The highest BCUT2D eigenvalue weighted by Gasteiger charge is 1.99. The number of benzene rings is 2. The third-order valence-corrected chi connectivity index (χ3v) is 2.87. The van der Waals surface area contributed by atoms with Crippen molar-refractivity contribution in [2.45, 2.75) is 18.9 Å². The molecule has 20 heavy (non-hydrogen) atoms. The molecule has 0 saturated carbocycles. The van der Waals surface area contributed by atoms with Crippen LogP contribution in [0.2, 0.25) is 0 Å². The van der Waals surface area contributed by atoms with E-state index in [1.807, 2.05) is 48.5 Å². The molecule has 2 aromatic carbocycles. The summed E-state index contributed by atoms with van der Waals surface area (Å²) in [6.07, 6.45) is 0.869. The van der Waals surface area contributed by atoms with Crippen LogP contribution in [0.4, 0.5) is 0 Å². The zero-order valence-electron chi connectivity index (χ0n) is 11.3. The molecule has 1 atom stereocenters. The van der Waals surface area contributed by atoms with Crippen molar-refractivity contribution in [3.63, 3.8) is 0 Å². The number of rotatable bonds is 5. The fraction of sp³-hybridized carbons (Fsp3) is 0.222. The average Bonchev–Trinajstić information content (AvgIpc) is 2.52. The highest BCUT2D eigenvalue weighted by Crippen LogP contribution is 2.07. The normalized spacial score (nSPS) is 11.2. The van der Waals surface area contributed by atoms with Gasteiger partial charge in [0, 0.05) is 0 Å². The smallest absolute Gasteiger partial charge is 0.149 e. The SMILES string of the molecule is OC(C#CCOc1ccccc1)CCc1ccccc1. The van der Waals surface area contributed by atoms with Crippen LogP contribution in [-0.4, -0.2) is 17.8 Å². The monoisotopic (exact) mass is 266 g/mol. The molecule has 0 aliphatic rings. The molecule has 0 spiro atoms. The minimum Gasteiger partial charge on any atom is -0.481 e. The molecule has 1 unspecified atom stereocenters. The Labute approximate surface area is 120 Å². The van der Waals surface area contributed by atoms with Crippen LogP contribution in [0.5, 0.6) is 5.75 Å². The lowest BCUT2D eigenvalue weighted by molar-refractivity contribution is 0.222. The highest BCUT2D eigenvalue weighted by molar-refractivity contribution is 5.22. The molecule has 0 saturated heterocycles. The van der Waals surface area contributed by atoms with Gasteiger partial charge in [-0.2, -0.15) is 0 Å². The molecular formula is C18H18O2. The van der Waals surface area contributed by atoms with Gasteiger partial charge in [-0.1, -0.05) is 60.4 Å². The number of para-hydroxylation sites is 1. The molecule has 0 radical (unpaired) electrons. The van der Waals surface area contributed by atoms with E-state index in [1.165, 1.54) is 5.56 Å². The van der Waals surface area contributed by atoms with E-state index in [-0.39, 0.29) is 0 Å². The lowest BCUT2D eigenvalue weighted by atomic mass is 10.1. The molecule has 2 heteroatoms. The van der Waals surface area contributed by atoms with Crippen molar-refractivity contribution < 1.29 is 9.84 Å². The second kappa shape index (κ2) is 8.04. The molecule has 0 amide bonds. The fourth-order valence-electron chi connectivity index (χ4n) is 1.82. The molecule has 2 aromatic rings. The van der Waals surface area contributed by atoms with Crippen LogP contribution in [-0.2, 0) is 6.42 Å². The number of ether oxygens (including phenoxy) is 1. The van der Waals surface area contributed by atoms with E-state index in [0.717, 1.165) is 12.2 Å². The van der Waals surface area contributed by atoms with Gasteiger partial charge in [0.05, 0.1) is 0 Å². The first kappa shape index (κ1) is 14.2.